The van der Waals surface area contributed by atoms with Crippen molar-refractivity contribution in [3.05, 3.63) is 120 Å². The average Bonchev–Trinajstić information content (AvgIpc) is 3.32. The van der Waals surface area contributed by atoms with E-state index >= 15 is 0 Å². The minimum absolute atomic E-state index is 0.170. The quantitative estimate of drug-likeness (QED) is 0.199. The number of aromatic amines is 1. The molecular formula is C33H25ClFN3O2. The minimum Gasteiger partial charge on any atom is -0.455 e. The van der Waals surface area contributed by atoms with Gasteiger partial charge in [0, 0.05) is 27.7 Å². The molecule has 5 nitrogen and oxygen atoms in total. The van der Waals surface area contributed by atoms with Crippen LogP contribution in [0.5, 0.6) is 11.5 Å². The molecule has 40 heavy (non-hydrogen) atoms. The Bertz CT molecular complexity index is 1840. The topological polar surface area (TPSA) is 67.0 Å². The third-order valence-corrected chi connectivity index (χ3v) is 6.98. The van der Waals surface area contributed by atoms with Crippen LogP contribution in [0.4, 0.5) is 10.1 Å². The molecule has 0 aliphatic heterocycles. The Morgan fingerprint density at radius 3 is 2.62 bits per heavy atom. The normalized spacial score (nSPS) is 11.2. The van der Waals surface area contributed by atoms with Crippen molar-refractivity contribution < 1.29 is 13.9 Å². The number of para-hydroxylation sites is 2. The zero-order valence-electron chi connectivity index (χ0n) is 21.5. The van der Waals surface area contributed by atoms with Crippen molar-refractivity contribution in [2.45, 2.75) is 19.3 Å². The number of carbonyl (C=O) groups excluding carboxylic acids is 1. The van der Waals surface area contributed by atoms with Gasteiger partial charge in [0.1, 0.15) is 11.6 Å². The van der Waals surface area contributed by atoms with Crippen LogP contribution in [0.15, 0.2) is 103 Å². The van der Waals surface area contributed by atoms with Crippen molar-refractivity contribution in [2.24, 2.45) is 0 Å². The molecule has 1 amide bonds. The Morgan fingerprint density at radius 1 is 0.925 bits per heavy atom. The van der Waals surface area contributed by atoms with E-state index in [1.165, 1.54) is 12.1 Å². The zero-order chi connectivity index (χ0) is 27.5. The number of anilines is 1. The number of aryl methyl sites for hydroxylation is 1. The Balaban J connectivity index is 1.21. The summed E-state index contributed by atoms with van der Waals surface area (Å²) in [5.41, 5.74) is 4.74. The number of ether oxygens (including phenoxy) is 1. The van der Waals surface area contributed by atoms with E-state index in [4.69, 9.17) is 21.3 Å². The van der Waals surface area contributed by atoms with Crippen LogP contribution in [-0.2, 0) is 11.2 Å². The van der Waals surface area contributed by atoms with Gasteiger partial charge in [-0.15, -0.1) is 0 Å². The number of amides is 1. The highest BCUT2D eigenvalue weighted by Crippen LogP contribution is 2.34. The first-order valence-electron chi connectivity index (χ1n) is 13.0. The van der Waals surface area contributed by atoms with Crippen LogP contribution in [0.3, 0.4) is 0 Å². The predicted molar refractivity (Wildman–Crippen MR) is 159 cm³/mol. The number of pyridine rings is 1. The average molecular weight is 550 g/mol. The van der Waals surface area contributed by atoms with Crippen molar-refractivity contribution in [1.29, 1.82) is 0 Å². The van der Waals surface area contributed by atoms with Crippen molar-refractivity contribution in [3.8, 4) is 22.9 Å². The lowest BCUT2D eigenvalue weighted by Crippen LogP contribution is -2.12. The van der Waals surface area contributed by atoms with E-state index < -0.39 is 0 Å². The van der Waals surface area contributed by atoms with Crippen LogP contribution in [0.25, 0.3) is 33.2 Å². The molecule has 0 fully saturated rings. The van der Waals surface area contributed by atoms with Gasteiger partial charge in [-0.2, -0.15) is 0 Å². The maximum absolute atomic E-state index is 14.2. The van der Waals surface area contributed by atoms with Gasteiger partial charge in [-0.3, -0.25) is 4.79 Å². The van der Waals surface area contributed by atoms with Gasteiger partial charge in [0.15, 0.2) is 5.75 Å². The summed E-state index contributed by atoms with van der Waals surface area (Å²) in [6.07, 6.45) is 1.36. The molecule has 2 aromatic heterocycles. The van der Waals surface area contributed by atoms with Gasteiger partial charge in [0.2, 0.25) is 5.91 Å². The van der Waals surface area contributed by atoms with E-state index in [9.17, 15) is 9.18 Å². The molecule has 0 radical (unpaired) electrons. The summed E-state index contributed by atoms with van der Waals surface area (Å²) in [4.78, 5) is 21.3. The van der Waals surface area contributed by atoms with E-state index in [1.54, 1.807) is 24.3 Å². The third-order valence-electron chi connectivity index (χ3n) is 6.74. The largest absolute Gasteiger partial charge is 0.455 e. The standard InChI is InChI=1S/C33H25ClFN3O2/c34-22-14-18-31(40-24-8-2-1-3-9-24)30(19-22)37-32(39)12-6-10-25-26-20-23(35)15-17-28(26)38-33(25)29-16-13-21-7-4-5-11-27(21)36-29/h1-5,7-9,11,13-20,38H,6,10,12H2,(H,37,39). The number of halogens is 2. The van der Waals surface area contributed by atoms with Gasteiger partial charge in [-0.05, 0) is 79.1 Å². The summed E-state index contributed by atoms with van der Waals surface area (Å²) >= 11 is 6.21. The van der Waals surface area contributed by atoms with Gasteiger partial charge in [0.25, 0.3) is 0 Å². The summed E-state index contributed by atoms with van der Waals surface area (Å²) in [5.74, 6) is 0.675. The molecule has 0 saturated carbocycles. The fourth-order valence-corrected chi connectivity index (χ4v) is 5.02. The molecule has 2 N–H and O–H groups in total. The number of hydrogen-bond donors (Lipinski definition) is 2. The smallest absolute Gasteiger partial charge is 0.224 e. The van der Waals surface area contributed by atoms with E-state index in [1.807, 2.05) is 66.7 Å². The Labute approximate surface area is 235 Å². The van der Waals surface area contributed by atoms with Crippen LogP contribution >= 0.6 is 11.6 Å². The molecule has 0 aliphatic rings. The number of fused-ring (bicyclic) bond motifs is 2. The number of rotatable bonds is 8. The summed E-state index contributed by atoms with van der Waals surface area (Å²) in [6.45, 7) is 0. The maximum atomic E-state index is 14.2. The Hall–Kier alpha value is -4.68. The highest BCUT2D eigenvalue weighted by molar-refractivity contribution is 6.31. The monoisotopic (exact) mass is 549 g/mol. The highest BCUT2D eigenvalue weighted by Gasteiger charge is 2.17. The van der Waals surface area contributed by atoms with E-state index in [2.05, 4.69) is 10.3 Å². The van der Waals surface area contributed by atoms with Crippen molar-refractivity contribution in [3.63, 3.8) is 0 Å². The summed E-state index contributed by atoms with van der Waals surface area (Å²) in [6, 6.07) is 31.1. The molecule has 0 aliphatic carbocycles. The molecule has 2 heterocycles. The molecule has 0 saturated heterocycles. The first kappa shape index (κ1) is 25.6. The second-order valence-corrected chi connectivity index (χ2v) is 9.95. The van der Waals surface area contributed by atoms with Crippen molar-refractivity contribution in [1.82, 2.24) is 9.97 Å². The summed E-state index contributed by atoms with van der Waals surface area (Å²) < 4.78 is 20.2. The maximum Gasteiger partial charge on any atom is 0.224 e. The van der Waals surface area contributed by atoms with Gasteiger partial charge in [-0.25, -0.2) is 9.37 Å². The number of H-pyrrole nitrogens is 1. The fourth-order valence-electron chi connectivity index (χ4n) is 4.85. The predicted octanol–water partition coefficient (Wildman–Crippen LogP) is 8.93. The molecule has 4 aromatic carbocycles. The lowest BCUT2D eigenvalue weighted by atomic mass is 10.0. The van der Waals surface area contributed by atoms with E-state index in [0.717, 1.165) is 38.8 Å². The number of benzene rings is 4. The Kier molecular flexibility index (Phi) is 7.17. The van der Waals surface area contributed by atoms with Crippen LogP contribution < -0.4 is 10.1 Å². The molecule has 198 valence electrons. The highest BCUT2D eigenvalue weighted by atomic mass is 35.5. The lowest BCUT2D eigenvalue weighted by Gasteiger charge is -2.13. The molecule has 0 unspecified atom stereocenters. The lowest BCUT2D eigenvalue weighted by molar-refractivity contribution is -0.116. The van der Waals surface area contributed by atoms with Crippen LogP contribution in [0.1, 0.15) is 18.4 Å². The fraction of sp³-hybridized carbons (Fsp3) is 0.0909. The van der Waals surface area contributed by atoms with Gasteiger partial charge in [-0.1, -0.05) is 54.1 Å². The van der Waals surface area contributed by atoms with E-state index in [-0.39, 0.29) is 18.1 Å². The molecule has 7 heteroatoms. The van der Waals surface area contributed by atoms with Gasteiger partial charge >= 0.3 is 0 Å². The summed E-state index contributed by atoms with van der Waals surface area (Å²) in [5, 5.41) is 5.26. The van der Waals surface area contributed by atoms with Gasteiger partial charge < -0.3 is 15.0 Å². The number of nitrogens with zero attached hydrogens (tertiary/aromatic N) is 1. The molecule has 6 rings (SSSR count). The number of carbonyl (C=O) groups is 1. The van der Waals surface area contributed by atoms with Crippen LogP contribution in [0, 0.1) is 5.82 Å². The SMILES string of the molecule is O=C(CCCc1c(-c2ccc3ccccc3n2)[nH]c2ccc(F)cc12)Nc1cc(Cl)ccc1Oc1ccccc1. The first-order valence-corrected chi connectivity index (χ1v) is 13.4. The molecule has 0 bridgehead atoms. The van der Waals surface area contributed by atoms with Crippen LogP contribution in [0.2, 0.25) is 5.02 Å². The number of hydrogen-bond acceptors (Lipinski definition) is 3. The molecule has 0 spiro atoms. The Morgan fingerprint density at radius 2 is 1.75 bits per heavy atom. The molecule has 0 atom stereocenters. The van der Waals surface area contributed by atoms with E-state index in [0.29, 0.717) is 35.1 Å². The van der Waals surface area contributed by atoms with Crippen molar-refractivity contribution in [2.75, 3.05) is 5.32 Å². The van der Waals surface area contributed by atoms with Crippen LogP contribution in [-0.4, -0.2) is 15.9 Å². The van der Waals surface area contributed by atoms with Gasteiger partial charge in [0.05, 0.1) is 22.6 Å². The minimum atomic E-state index is -0.310. The second kappa shape index (κ2) is 11.2. The second-order valence-electron chi connectivity index (χ2n) is 9.51. The summed E-state index contributed by atoms with van der Waals surface area (Å²) in [7, 11) is 0. The number of nitrogens with one attached hydrogen (secondary N) is 2. The zero-order valence-corrected chi connectivity index (χ0v) is 22.2. The van der Waals surface area contributed by atoms with Crippen molar-refractivity contribution >= 4 is 45.0 Å². The molecular weight excluding hydrogens is 525 g/mol. The first-order chi connectivity index (χ1) is 19.5. The molecule has 6 aromatic rings. The third kappa shape index (κ3) is 5.53. The number of aromatic nitrogens is 2.